The molecule has 1 rings (SSSR count). The van der Waals surface area contributed by atoms with E-state index in [-0.39, 0.29) is 23.7 Å². The molecule has 1 aromatic carbocycles. The van der Waals surface area contributed by atoms with Gasteiger partial charge in [0.2, 0.25) is 0 Å². The van der Waals surface area contributed by atoms with Crippen molar-refractivity contribution in [3.63, 3.8) is 0 Å². The molecule has 0 spiro atoms. The quantitative estimate of drug-likeness (QED) is 0.785. The first kappa shape index (κ1) is 12.1. The maximum atomic E-state index is 11.2. The second-order valence-corrected chi connectivity index (χ2v) is 3.40. The molecule has 16 heavy (non-hydrogen) atoms. The van der Waals surface area contributed by atoms with Gasteiger partial charge in [-0.2, -0.15) is 5.26 Å². The van der Waals surface area contributed by atoms with Crippen molar-refractivity contribution in [1.82, 2.24) is 0 Å². The van der Waals surface area contributed by atoms with Crippen LogP contribution in [0.15, 0.2) is 12.1 Å². The van der Waals surface area contributed by atoms with E-state index in [9.17, 15) is 9.90 Å². The topological polar surface area (TPSA) is 70.3 Å². The summed E-state index contributed by atoms with van der Waals surface area (Å²) in [5.74, 6) is -0.437. The number of ether oxygens (including phenoxy) is 1. The van der Waals surface area contributed by atoms with Crippen LogP contribution >= 0.6 is 0 Å². The Labute approximate surface area is 94.1 Å². The molecule has 0 saturated heterocycles. The van der Waals surface area contributed by atoms with Gasteiger partial charge in [0.1, 0.15) is 11.8 Å². The van der Waals surface area contributed by atoms with E-state index in [0.717, 1.165) is 0 Å². The van der Waals surface area contributed by atoms with E-state index < -0.39 is 0 Å². The Morgan fingerprint density at radius 3 is 2.75 bits per heavy atom. The van der Waals surface area contributed by atoms with Crippen LogP contribution in [0.4, 0.5) is 0 Å². The van der Waals surface area contributed by atoms with Crippen molar-refractivity contribution in [2.45, 2.75) is 20.3 Å². The number of phenolic OH excluding ortho intramolecular Hbond substituents is 1. The van der Waals surface area contributed by atoms with Crippen molar-refractivity contribution < 1.29 is 14.6 Å². The maximum absolute atomic E-state index is 11.2. The molecule has 0 aliphatic carbocycles. The van der Waals surface area contributed by atoms with Crippen LogP contribution in [0.25, 0.3) is 0 Å². The third kappa shape index (κ3) is 2.74. The minimum Gasteiger partial charge on any atom is -0.507 e. The third-order valence-corrected chi connectivity index (χ3v) is 2.14. The van der Waals surface area contributed by atoms with E-state index in [0.29, 0.717) is 17.7 Å². The molecule has 1 N–H and O–H groups in total. The zero-order chi connectivity index (χ0) is 12.1. The van der Waals surface area contributed by atoms with Gasteiger partial charge in [-0.25, -0.2) is 0 Å². The van der Waals surface area contributed by atoms with Gasteiger partial charge in [-0.15, -0.1) is 0 Å². The van der Waals surface area contributed by atoms with E-state index >= 15 is 0 Å². The Balaban J connectivity index is 2.93. The van der Waals surface area contributed by atoms with Gasteiger partial charge in [0.15, 0.2) is 0 Å². The number of hydrogen-bond donors (Lipinski definition) is 1. The molecular formula is C12H13NO3. The average Bonchev–Trinajstić information content (AvgIpc) is 2.17. The summed E-state index contributed by atoms with van der Waals surface area (Å²) in [6.45, 7) is 3.78. The zero-order valence-electron chi connectivity index (χ0n) is 9.28. The number of phenols is 1. The summed E-state index contributed by atoms with van der Waals surface area (Å²) in [6, 6.07) is 5.03. The molecule has 0 unspecified atom stereocenters. The van der Waals surface area contributed by atoms with Crippen molar-refractivity contribution in [2.24, 2.45) is 0 Å². The Morgan fingerprint density at radius 2 is 2.25 bits per heavy atom. The van der Waals surface area contributed by atoms with Crippen LogP contribution in [-0.4, -0.2) is 17.7 Å². The first-order chi connectivity index (χ1) is 7.58. The Morgan fingerprint density at radius 1 is 1.56 bits per heavy atom. The number of benzene rings is 1. The number of carbonyl (C=O) groups is 1. The van der Waals surface area contributed by atoms with Crippen LogP contribution in [0.1, 0.15) is 23.6 Å². The molecule has 1 aromatic rings. The van der Waals surface area contributed by atoms with Crippen LogP contribution in [0.2, 0.25) is 0 Å². The maximum Gasteiger partial charge on any atom is 0.310 e. The molecular weight excluding hydrogens is 206 g/mol. The van der Waals surface area contributed by atoms with E-state index in [2.05, 4.69) is 0 Å². The van der Waals surface area contributed by atoms with Gasteiger partial charge >= 0.3 is 5.97 Å². The van der Waals surface area contributed by atoms with Crippen LogP contribution in [0, 0.1) is 18.3 Å². The summed E-state index contributed by atoms with van der Waals surface area (Å²) in [5, 5.41) is 18.3. The summed E-state index contributed by atoms with van der Waals surface area (Å²) in [6.07, 6.45) is 0.105. The number of aryl methyl sites for hydroxylation is 1. The second kappa shape index (κ2) is 5.17. The second-order valence-electron chi connectivity index (χ2n) is 3.40. The largest absolute Gasteiger partial charge is 0.507 e. The van der Waals surface area contributed by atoms with E-state index in [4.69, 9.17) is 10.00 Å². The van der Waals surface area contributed by atoms with Crippen molar-refractivity contribution >= 4 is 5.97 Å². The highest BCUT2D eigenvalue weighted by atomic mass is 16.5. The number of nitrogens with zero attached hydrogens (tertiary/aromatic N) is 1. The lowest BCUT2D eigenvalue weighted by Gasteiger charge is -2.06. The number of esters is 1. The molecule has 0 bridgehead atoms. The molecule has 0 fully saturated rings. The Hall–Kier alpha value is -2.02. The lowest BCUT2D eigenvalue weighted by Crippen LogP contribution is -2.07. The average molecular weight is 219 g/mol. The van der Waals surface area contributed by atoms with Crippen LogP contribution < -0.4 is 0 Å². The molecule has 4 heteroatoms. The zero-order valence-corrected chi connectivity index (χ0v) is 9.28. The predicted molar refractivity (Wildman–Crippen MR) is 57.9 cm³/mol. The Bertz CT molecular complexity index is 423. The third-order valence-electron chi connectivity index (χ3n) is 2.14. The van der Waals surface area contributed by atoms with Crippen molar-refractivity contribution in [1.29, 1.82) is 5.26 Å². The van der Waals surface area contributed by atoms with Crippen LogP contribution in [0.5, 0.6) is 5.75 Å². The smallest absolute Gasteiger partial charge is 0.310 e. The molecule has 0 atom stereocenters. The Kier molecular flexibility index (Phi) is 3.90. The lowest BCUT2D eigenvalue weighted by molar-refractivity contribution is -0.142. The minimum atomic E-state index is -0.342. The fourth-order valence-corrected chi connectivity index (χ4v) is 1.47. The van der Waals surface area contributed by atoms with Gasteiger partial charge < -0.3 is 9.84 Å². The monoisotopic (exact) mass is 219 g/mol. The van der Waals surface area contributed by atoms with Gasteiger partial charge in [0.05, 0.1) is 18.6 Å². The van der Waals surface area contributed by atoms with E-state index in [1.807, 2.05) is 6.07 Å². The van der Waals surface area contributed by atoms with E-state index in [1.54, 1.807) is 19.9 Å². The predicted octanol–water partition coefficient (Wildman–Crippen LogP) is 1.68. The molecule has 84 valence electrons. The van der Waals surface area contributed by atoms with E-state index in [1.165, 1.54) is 6.07 Å². The van der Waals surface area contributed by atoms with Gasteiger partial charge in [-0.1, -0.05) is 6.07 Å². The van der Waals surface area contributed by atoms with Crippen molar-refractivity contribution in [2.75, 3.05) is 6.61 Å². The standard InChI is InChI=1S/C12H13NO3/c1-3-16-12(15)6-9-4-8(2)10(7-13)11(14)5-9/h4-5,14H,3,6H2,1-2H3. The fourth-order valence-electron chi connectivity index (χ4n) is 1.47. The van der Waals surface area contributed by atoms with Gasteiger partial charge in [0, 0.05) is 0 Å². The number of aromatic hydroxyl groups is 1. The summed E-state index contributed by atoms with van der Waals surface area (Å²) in [7, 11) is 0. The summed E-state index contributed by atoms with van der Waals surface area (Å²) in [4.78, 5) is 11.2. The highest BCUT2D eigenvalue weighted by Gasteiger charge is 2.10. The molecule has 0 amide bonds. The molecule has 0 saturated carbocycles. The van der Waals surface area contributed by atoms with Crippen LogP contribution in [0.3, 0.4) is 0 Å². The van der Waals surface area contributed by atoms with Gasteiger partial charge in [0.25, 0.3) is 0 Å². The molecule has 0 aliphatic heterocycles. The first-order valence-electron chi connectivity index (χ1n) is 4.96. The molecule has 0 aliphatic rings. The van der Waals surface area contributed by atoms with Crippen molar-refractivity contribution in [3.8, 4) is 11.8 Å². The van der Waals surface area contributed by atoms with Gasteiger partial charge in [-0.3, -0.25) is 4.79 Å². The van der Waals surface area contributed by atoms with Gasteiger partial charge in [-0.05, 0) is 31.0 Å². The molecule has 4 nitrogen and oxygen atoms in total. The number of hydrogen-bond acceptors (Lipinski definition) is 4. The summed E-state index contributed by atoms with van der Waals surface area (Å²) < 4.78 is 4.80. The minimum absolute atomic E-state index is 0.0956. The highest BCUT2D eigenvalue weighted by molar-refractivity contribution is 5.73. The number of carbonyl (C=O) groups excluding carboxylic acids is 1. The SMILES string of the molecule is CCOC(=O)Cc1cc(C)c(C#N)c(O)c1. The molecule has 0 aromatic heterocycles. The highest BCUT2D eigenvalue weighted by Crippen LogP contribution is 2.22. The summed E-state index contributed by atoms with van der Waals surface area (Å²) in [5.41, 5.74) is 1.54. The first-order valence-corrected chi connectivity index (χ1v) is 4.96. The van der Waals surface area contributed by atoms with Crippen molar-refractivity contribution in [3.05, 3.63) is 28.8 Å². The normalized spacial score (nSPS) is 9.56. The lowest BCUT2D eigenvalue weighted by atomic mass is 10.0. The number of nitriles is 1. The number of rotatable bonds is 3. The molecule has 0 heterocycles. The van der Waals surface area contributed by atoms with Crippen LogP contribution in [-0.2, 0) is 16.0 Å². The summed E-state index contributed by atoms with van der Waals surface area (Å²) >= 11 is 0. The fraction of sp³-hybridized carbons (Fsp3) is 0.333. The molecule has 0 radical (unpaired) electrons.